The van der Waals surface area contributed by atoms with Crippen molar-refractivity contribution in [3.8, 4) is 0 Å². The van der Waals surface area contributed by atoms with Crippen LogP contribution >= 0.6 is 0 Å². The molecular weight excluding hydrogens is 122 g/mol. The third-order valence-corrected chi connectivity index (χ3v) is 2.05. The molecule has 0 spiro atoms. The molecule has 0 aliphatic carbocycles. The summed E-state index contributed by atoms with van der Waals surface area (Å²) in [7, 11) is 0. The summed E-state index contributed by atoms with van der Waals surface area (Å²) in [5.74, 6) is 0.888. The van der Waals surface area contributed by atoms with Gasteiger partial charge in [0.25, 0.3) is 0 Å². The summed E-state index contributed by atoms with van der Waals surface area (Å²) in [6, 6.07) is 0.393. The van der Waals surface area contributed by atoms with Crippen LogP contribution in [0.5, 0.6) is 0 Å². The van der Waals surface area contributed by atoms with E-state index in [2.05, 4.69) is 20.8 Å². The van der Waals surface area contributed by atoms with E-state index in [1.54, 1.807) is 0 Å². The Kier molecular flexibility index (Phi) is 5.70. The second-order valence-corrected chi connectivity index (χ2v) is 3.42. The Morgan fingerprint density at radius 2 is 1.80 bits per heavy atom. The summed E-state index contributed by atoms with van der Waals surface area (Å²) in [6.07, 6.45) is 5.13. The van der Waals surface area contributed by atoms with Gasteiger partial charge in [-0.3, -0.25) is 0 Å². The molecule has 0 rings (SSSR count). The van der Waals surface area contributed by atoms with E-state index in [0.717, 1.165) is 5.92 Å². The molecule has 0 aliphatic heterocycles. The average Bonchev–Trinajstić information content (AvgIpc) is 1.87. The van der Waals surface area contributed by atoms with Crippen LogP contribution in [-0.4, -0.2) is 6.04 Å². The highest BCUT2D eigenvalue weighted by Crippen LogP contribution is 2.11. The lowest BCUT2D eigenvalue weighted by Crippen LogP contribution is -2.14. The van der Waals surface area contributed by atoms with Crippen LogP contribution in [0, 0.1) is 5.92 Å². The minimum Gasteiger partial charge on any atom is -0.328 e. The van der Waals surface area contributed by atoms with Gasteiger partial charge in [-0.25, -0.2) is 0 Å². The van der Waals surface area contributed by atoms with Crippen molar-refractivity contribution in [3.05, 3.63) is 0 Å². The van der Waals surface area contributed by atoms with Gasteiger partial charge in [0.2, 0.25) is 0 Å². The van der Waals surface area contributed by atoms with Crippen molar-refractivity contribution in [3.63, 3.8) is 0 Å². The third kappa shape index (κ3) is 6.09. The first kappa shape index (κ1) is 9.96. The van der Waals surface area contributed by atoms with Gasteiger partial charge in [0.1, 0.15) is 0 Å². The van der Waals surface area contributed by atoms with Crippen LogP contribution in [-0.2, 0) is 0 Å². The smallest absolute Gasteiger partial charge is 0.00104 e. The molecule has 62 valence electrons. The van der Waals surface area contributed by atoms with Crippen LogP contribution < -0.4 is 5.73 Å². The fraction of sp³-hybridized carbons (Fsp3) is 1.00. The topological polar surface area (TPSA) is 26.0 Å². The Morgan fingerprint density at radius 3 is 2.20 bits per heavy atom. The summed E-state index contributed by atoms with van der Waals surface area (Å²) in [5.41, 5.74) is 5.62. The Labute approximate surface area is 65.0 Å². The maximum absolute atomic E-state index is 5.62. The summed E-state index contributed by atoms with van der Waals surface area (Å²) in [5, 5.41) is 0. The summed E-state index contributed by atoms with van der Waals surface area (Å²) in [6.45, 7) is 6.63. The minimum atomic E-state index is 0.393. The van der Waals surface area contributed by atoms with E-state index in [1.165, 1.54) is 25.7 Å². The van der Waals surface area contributed by atoms with E-state index in [-0.39, 0.29) is 0 Å². The zero-order valence-electron chi connectivity index (χ0n) is 7.56. The minimum absolute atomic E-state index is 0.393. The summed E-state index contributed by atoms with van der Waals surface area (Å²) >= 11 is 0. The second-order valence-electron chi connectivity index (χ2n) is 3.42. The van der Waals surface area contributed by atoms with Crippen molar-refractivity contribution < 1.29 is 0 Å². The van der Waals surface area contributed by atoms with Crippen LogP contribution in [0.3, 0.4) is 0 Å². The van der Waals surface area contributed by atoms with Gasteiger partial charge in [-0.05, 0) is 19.3 Å². The molecule has 0 aliphatic rings. The maximum Gasteiger partial charge on any atom is 0.00104 e. The van der Waals surface area contributed by atoms with Crippen LogP contribution in [0.15, 0.2) is 0 Å². The van der Waals surface area contributed by atoms with E-state index >= 15 is 0 Å². The molecule has 0 aromatic carbocycles. The number of hydrogen-bond acceptors (Lipinski definition) is 1. The van der Waals surface area contributed by atoms with Crippen molar-refractivity contribution >= 4 is 0 Å². The van der Waals surface area contributed by atoms with Gasteiger partial charge < -0.3 is 5.73 Å². The lowest BCUT2D eigenvalue weighted by molar-refractivity contribution is 0.469. The number of hydrogen-bond donors (Lipinski definition) is 1. The number of nitrogens with two attached hydrogens (primary N) is 1. The van der Waals surface area contributed by atoms with E-state index in [1.807, 2.05) is 0 Å². The highest BCUT2D eigenvalue weighted by molar-refractivity contribution is 4.56. The first-order valence-corrected chi connectivity index (χ1v) is 4.42. The van der Waals surface area contributed by atoms with Gasteiger partial charge in [-0.2, -0.15) is 0 Å². The molecule has 1 heteroatoms. The first-order valence-electron chi connectivity index (χ1n) is 4.42. The molecule has 2 N–H and O–H groups in total. The predicted octanol–water partition coefficient (Wildman–Crippen LogP) is 2.55. The summed E-state index contributed by atoms with van der Waals surface area (Å²) in [4.78, 5) is 0. The van der Waals surface area contributed by atoms with E-state index in [9.17, 15) is 0 Å². The van der Waals surface area contributed by atoms with Crippen LogP contribution in [0.4, 0.5) is 0 Å². The quantitative estimate of drug-likeness (QED) is 0.629. The largest absolute Gasteiger partial charge is 0.328 e. The molecule has 1 nitrogen and oxygen atoms in total. The van der Waals surface area contributed by atoms with Gasteiger partial charge >= 0.3 is 0 Å². The van der Waals surface area contributed by atoms with Crippen LogP contribution in [0.1, 0.15) is 46.5 Å². The van der Waals surface area contributed by atoms with Crippen molar-refractivity contribution in [2.75, 3.05) is 0 Å². The fourth-order valence-corrected chi connectivity index (χ4v) is 0.992. The van der Waals surface area contributed by atoms with Crippen molar-refractivity contribution in [1.82, 2.24) is 0 Å². The maximum atomic E-state index is 5.62. The van der Waals surface area contributed by atoms with Crippen molar-refractivity contribution in [2.45, 2.75) is 52.5 Å². The molecule has 0 aromatic heterocycles. The average molecular weight is 143 g/mol. The Morgan fingerprint density at radius 1 is 1.20 bits per heavy atom. The van der Waals surface area contributed by atoms with Crippen molar-refractivity contribution in [1.29, 1.82) is 0 Å². The Balaban J connectivity index is 3.03. The standard InChI is InChI=1S/C9H21N/c1-4-8(2)6-5-7-9(3)10/h8-9H,4-7,10H2,1-3H3/t8-,9?/m1/s1. The monoisotopic (exact) mass is 143 g/mol. The first-order chi connectivity index (χ1) is 4.66. The molecule has 0 saturated carbocycles. The van der Waals surface area contributed by atoms with Gasteiger partial charge in [0.05, 0.1) is 0 Å². The van der Waals surface area contributed by atoms with Gasteiger partial charge in [-0.15, -0.1) is 0 Å². The number of rotatable bonds is 5. The van der Waals surface area contributed by atoms with Gasteiger partial charge in [0, 0.05) is 6.04 Å². The molecule has 0 aromatic rings. The molecule has 0 saturated heterocycles. The second kappa shape index (κ2) is 5.72. The van der Waals surface area contributed by atoms with E-state index in [4.69, 9.17) is 5.73 Å². The van der Waals surface area contributed by atoms with Crippen LogP contribution in [0.2, 0.25) is 0 Å². The fourth-order valence-electron chi connectivity index (χ4n) is 0.992. The SMILES string of the molecule is CC[C@@H](C)CCCC(C)N. The van der Waals surface area contributed by atoms with Gasteiger partial charge in [0.15, 0.2) is 0 Å². The molecule has 2 atom stereocenters. The van der Waals surface area contributed by atoms with E-state index < -0.39 is 0 Å². The summed E-state index contributed by atoms with van der Waals surface area (Å²) < 4.78 is 0. The predicted molar refractivity (Wildman–Crippen MR) is 47.0 cm³/mol. The molecule has 0 fully saturated rings. The molecule has 0 heterocycles. The molecule has 1 unspecified atom stereocenters. The molecule has 0 amide bonds. The molecular formula is C9H21N. The molecule has 0 radical (unpaired) electrons. The third-order valence-electron chi connectivity index (χ3n) is 2.05. The molecule has 0 bridgehead atoms. The zero-order chi connectivity index (χ0) is 7.98. The Bertz CT molecular complexity index is 69.1. The Hall–Kier alpha value is -0.0400. The van der Waals surface area contributed by atoms with Crippen LogP contribution in [0.25, 0.3) is 0 Å². The molecule has 10 heavy (non-hydrogen) atoms. The van der Waals surface area contributed by atoms with E-state index in [0.29, 0.717) is 6.04 Å². The zero-order valence-corrected chi connectivity index (χ0v) is 7.56. The highest BCUT2D eigenvalue weighted by Gasteiger charge is 1.99. The lowest BCUT2D eigenvalue weighted by atomic mass is 10.0. The lowest BCUT2D eigenvalue weighted by Gasteiger charge is -2.08. The normalized spacial score (nSPS) is 16.8. The van der Waals surface area contributed by atoms with Crippen molar-refractivity contribution in [2.24, 2.45) is 11.7 Å². The highest BCUT2D eigenvalue weighted by atomic mass is 14.6. The van der Waals surface area contributed by atoms with Gasteiger partial charge in [-0.1, -0.05) is 33.1 Å².